The predicted molar refractivity (Wildman–Crippen MR) is 82.9 cm³/mol. The zero-order chi connectivity index (χ0) is 14.8. The molecule has 0 atom stereocenters. The van der Waals surface area contributed by atoms with Gasteiger partial charge in [-0.05, 0) is 37.3 Å². The van der Waals surface area contributed by atoms with Gasteiger partial charge in [0, 0.05) is 5.02 Å². The van der Waals surface area contributed by atoms with Crippen LogP contribution < -0.4 is 10.3 Å². The van der Waals surface area contributed by atoms with Crippen LogP contribution in [0.1, 0.15) is 11.4 Å². The molecule has 0 aliphatic carbocycles. The number of nitrogens with one attached hydrogen (secondary N) is 1. The van der Waals surface area contributed by atoms with Crippen molar-refractivity contribution in [2.24, 2.45) is 0 Å². The van der Waals surface area contributed by atoms with Gasteiger partial charge in [-0.2, -0.15) is 0 Å². The number of hydrogen-bond acceptors (Lipinski definition) is 3. The zero-order valence-corrected chi connectivity index (χ0v) is 12.1. The molecule has 21 heavy (non-hydrogen) atoms. The van der Waals surface area contributed by atoms with E-state index in [1.165, 1.54) is 0 Å². The number of H-pyrrole nitrogens is 1. The van der Waals surface area contributed by atoms with Crippen LogP contribution in [0, 0.1) is 6.92 Å². The molecule has 0 fully saturated rings. The summed E-state index contributed by atoms with van der Waals surface area (Å²) in [5.74, 6) is 1.22. The van der Waals surface area contributed by atoms with Gasteiger partial charge in [-0.25, -0.2) is 4.98 Å². The lowest BCUT2D eigenvalue weighted by Crippen LogP contribution is -2.13. The number of ether oxygens (including phenoxy) is 1. The van der Waals surface area contributed by atoms with Gasteiger partial charge in [0.15, 0.2) is 0 Å². The van der Waals surface area contributed by atoms with Crippen molar-refractivity contribution in [1.82, 2.24) is 9.97 Å². The molecule has 5 heteroatoms. The first-order chi connectivity index (χ1) is 10.1. The molecule has 1 N–H and O–H groups in total. The molecule has 1 aromatic heterocycles. The van der Waals surface area contributed by atoms with Crippen molar-refractivity contribution in [2.45, 2.75) is 13.5 Å². The molecular formula is C16H13ClN2O2. The summed E-state index contributed by atoms with van der Waals surface area (Å²) in [6.07, 6.45) is 0. The number of halogens is 1. The number of aryl methyl sites for hydroxylation is 1. The lowest BCUT2D eigenvalue weighted by atomic mass is 10.2. The second kappa shape index (κ2) is 5.58. The molecule has 0 spiro atoms. The third-order valence-corrected chi connectivity index (χ3v) is 3.35. The van der Waals surface area contributed by atoms with Gasteiger partial charge >= 0.3 is 0 Å². The Labute approximate surface area is 126 Å². The van der Waals surface area contributed by atoms with Crippen LogP contribution in [-0.2, 0) is 6.61 Å². The standard InChI is InChI=1S/C16H13ClN2O2/c1-10-2-5-12(6-3-10)21-9-15-18-14-7-4-11(17)8-13(14)16(20)19-15/h2-8H,9H2,1H3,(H,18,19,20). The fourth-order valence-corrected chi connectivity index (χ4v) is 2.19. The maximum absolute atomic E-state index is 12.0. The van der Waals surface area contributed by atoms with E-state index in [1.54, 1.807) is 18.2 Å². The highest BCUT2D eigenvalue weighted by molar-refractivity contribution is 6.31. The van der Waals surface area contributed by atoms with Gasteiger partial charge in [0.05, 0.1) is 10.9 Å². The Morgan fingerprint density at radius 2 is 1.95 bits per heavy atom. The molecule has 0 bridgehead atoms. The van der Waals surface area contributed by atoms with Crippen LogP contribution in [0.2, 0.25) is 5.02 Å². The minimum absolute atomic E-state index is 0.205. The third kappa shape index (κ3) is 3.06. The molecule has 3 aromatic rings. The molecule has 4 nitrogen and oxygen atoms in total. The minimum Gasteiger partial charge on any atom is -0.486 e. The molecule has 106 valence electrons. The van der Waals surface area contributed by atoms with Crippen molar-refractivity contribution in [1.29, 1.82) is 0 Å². The van der Waals surface area contributed by atoms with Crippen molar-refractivity contribution < 1.29 is 4.74 Å². The van der Waals surface area contributed by atoms with Gasteiger partial charge in [0.25, 0.3) is 5.56 Å². The van der Waals surface area contributed by atoms with Gasteiger partial charge in [-0.3, -0.25) is 4.79 Å². The maximum atomic E-state index is 12.0. The Morgan fingerprint density at radius 3 is 2.71 bits per heavy atom. The molecular weight excluding hydrogens is 288 g/mol. The van der Waals surface area contributed by atoms with Crippen LogP contribution in [-0.4, -0.2) is 9.97 Å². The van der Waals surface area contributed by atoms with Gasteiger partial charge in [-0.1, -0.05) is 29.3 Å². The van der Waals surface area contributed by atoms with E-state index < -0.39 is 0 Å². The monoisotopic (exact) mass is 300 g/mol. The number of fused-ring (bicyclic) bond motifs is 1. The lowest BCUT2D eigenvalue weighted by molar-refractivity contribution is 0.296. The van der Waals surface area contributed by atoms with E-state index in [2.05, 4.69) is 9.97 Å². The highest BCUT2D eigenvalue weighted by Gasteiger charge is 2.05. The van der Waals surface area contributed by atoms with Gasteiger partial charge in [0.2, 0.25) is 0 Å². The average molecular weight is 301 g/mol. The predicted octanol–water partition coefficient (Wildman–Crippen LogP) is 3.46. The summed E-state index contributed by atoms with van der Waals surface area (Å²) in [5.41, 5.74) is 1.55. The summed E-state index contributed by atoms with van der Waals surface area (Å²) in [4.78, 5) is 19.1. The van der Waals surface area contributed by atoms with E-state index in [9.17, 15) is 4.79 Å². The normalized spacial score (nSPS) is 10.8. The van der Waals surface area contributed by atoms with Crippen molar-refractivity contribution >= 4 is 22.5 Å². The largest absolute Gasteiger partial charge is 0.486 e. The molecule has 0 aliphatic heterocycles. The smallest absolute Gasteiger partial charge is 0.258 e. The van der Waals surface area contributed by atoms with E-state index >= 15 is 0 Å². The molecule has 0 radical (unpaired) electrons. The summed E-state index contributed by atoms with van der Waals surface area (Å²) >= 11 is 5.88. The summed E-state index contributed by atoms with van der Waals surface area (Å²) < 4.78 is 5.62. The van der Waals surface area contributed by atoms with Crippen molar-refractivity contribution in [2.75, 3.05) is 0 Å². The number of aromatic amines is 1. The SMILES string of the molecule is Cc1ccc(OCc2nc3ccc(Cl)cc3c(=O)[nH]2)cc1. The highest BCUT2D eigenvalue weighted by atomic mass is 35.5. The average Bonchev–Trinajstić information content (AvgIpc) is 2.47. The van der Waals surface area contributed by atoms with Crippen LogP contribution in [0.4, 0.5) is 0 Å². The Kier molecular flexibility index (Phi) is 3.62. The third-order valence-electron chi connectivity index (χ3n) is 3.11. The number of rotatable bonds is 3. The number of benzene rings is 2. The summed E-state index contributed by atoms with van der Waals surface area (Å²) in [6.45, 7) is 2.22. The molecule has 0 aliphatic rings. The first-order valence-electron chi connectivity index (χ1n) is 6.50. The van der Waals surface area contributed by atoms with Crippen LogP contribution in [0.15, 0.2) is 47.3 Å². The molecule has 2 aromatic carbocycles. The van der Waals surface area contributed by atoms with Crippen molar-refractivity contribution in [3.8, 4) is 5.75 Å². The molecule has 1 heterocycles. The molecule has 0 saturated heterocycles. The van der Waals surface area contributed by atoms with Crippen LogP contribution >= 0.6 is 11.6 Å². The minimum atomic E-state index is -0.218. The number of hydrogen-bond donors (Lipinski definition) is 1. The second-order valence-electron chi connectivity index (χ2n) is 4.78. The Morgan fingerprint density at radius 1 is 1.19 bits per heavy atom. The van der Waals surface area contributed by atoms with E-state index in [4.69, 9.17) is 16.3 Å². The fourth-order valence-electron chi connectivity index (χ4n) is 2.01. The van der Waals surface area contributed by atoms with E-state index in [0.717, 1.165) is 11.3 Å². The van der Waals surface area contributed by atoms with E-state index in [1.807, 2.05) is 31.2 Å². The summed E-state index contributed by atoms with van der Waals surface area (Å²) in [7, 11) is 0. The van der Waals surface area contributed by atoms with E-state index in [-0.39, 0.29) is 12.2 Å². The quantitative estimate of drug-likeness (QED) is 0.806. The Balaban J connectivity index is 1.86. The zero-order valence-electron chi connectivity index (χ0n) is 11.4. The van der Waals surface area contributed by atoms with Gasteiger partial charge < -0.3 is 9.72 Å². The number of aromatic nitrogens is 2. The topological polar surface area (TPSA) is 55.0 Å². The van der Waals surface area contributed by atoms with Crippen molar-refractivity contribution in [3.63, 3.8) is 0 Å². The van der Waals surface area contributed by atoms with Gasteiger partial charge in [0.1, 0.15) is 18.2 Å². The lowest BCUT2D eigenvalue weighted by Gasteiger charge is -2.07. The Hall–Kier alpha value is -2.33. The van der Waals surface area contributed by atoms with Gasteiger partial charge in [-0.15, -0.1) is 0 Å². The summed E-state index contributed by atoms with van der Waals surface area (Å²) in [5, 5.41) is 0.986. The maximum Gasteiger partial charge on any atom is 0.258 e. The second-order valence-corrected chi connectivity index (χ2v) is 5.21. The number of nitrogens with zero attached hydrogens (tertiary/aromatic N) is 1. The molecule has 3 rings (SSSR count). The Bertz CT molecular complexity index is 841. The molecule has 0 saturated carbocycles. The van der Waals surface area contributed by atoms with Crippen molar-refractivity contribution in [3.05, 3.63) is 69.2 Å². The first kappa shape index (κ1) is 13.6. The van der Waals surface area contributed by atoms with Crippen LogP contribution in [0.3, 0.4) is 0 Å². The van der Waals surface area contributed by atoms with E-state index in [0.29, 0.717) is 21.7 Å². The molecule has 0 unspecified atom stereocenters. The molecule has 0 amide bonds. The summed E-state index contributed by atoms with van der Waals surface area (Å²) in [6, 6.07) is 12.7. The highest BCUT2D eigenvalue weighted by Crippen LogP contribution is 2.16. The fraction of sp³-hybridized carbons (Fsp3) is 0.125. The van der Waals surface area contributed by atoms with Crippen LogP contribution in [0.5, 0.6) is 5.75 Å². The first-order valence-corrected chi connectivity index (χ1v) is 6.87. The van der Waals surface area contributed by atoms with Crippen LogP contribution in [0.25, 0.3) is 10.9 Å².